The maximum absolute atomic E-state index is 8.66. The zero-order valence-electron chi connectivity index (χ0n) is 10.0. The molecule has 0 aliphatic carbocycles. The smallest absolute Gasteiger partial charge is 0.155 e. The van der Waals surface area contributed by atoms with E-state index in [0.717, 1.165) is 0 Å². The molecule has 0 amide bonds. The molecule has 3 nitrogen and oxygen atoms in total. The summed E-state index contributed by atoms with van der Waals surface area (Å²) in [6, 6.07) is 1.57. The molecule has 1 aromatic rings. The number of ether oxygens (including phenoxy) is 1. The minimum atomic E-state index is -0.107. The number of aromatic nitrogens is 1. The van der Waals surface area contributed by atoms with Gasteiger partial charge in [0.2, 0.25) is 0 Å². The van der Waals surface area contributed by atoms with E-state index >= 15 is 0 Å². The topological polar surface area (TPSA) is 42.4 Å². The van der Waals surface area contributed by atoms with Crippen molar-refractivity contribution in [1.29, 1.82) is 0 Å². The van der Waals surface area contributed by atoms with E-state index < -0.39 is 0 Å². The van der Waals surface area contributed by atoms with Crippen LogP contribution in [-0.4, -0.2) is 17.2 Å². The highest BCUT2D eigenvalue weighted by molar-refractivity contribution is 6.32. The van der Waals surface area contributed by atoms with Crippen LogP contribution in [-0.2, 0) is 6.61 Å². The lowest BCUT2D eigenvalue weighted by Gasteiger charge is -2.02. The van der Waals surface area contributed by atoms with Crippen molar-refractivity contribution in [3.8, 4) is 5.75 Å². The maximum Gasteiger partial charge on any atom is 0.155 e. The number of hydrogen-bond donors (Lipinski definition) is 1. The van der Waals surface area contributed by atoms with Gasteiger partial charge in [0.1, 0.15) is 0 Å². The Labute approximate surface area is 97.1 Å². The van der Waals surface area contributed by atoms with Crippen LogP contribution in [0.25, 0.3) is 0 Å². The Morgan fingerprint density at radius 2 is 1.87 bits per heavy atom. The lowest BCUT2D eigenvalue weighted by Crippen LogP contribution is -1.91. The van der Waals surface area contributed by atoms with Gasteiger partial charge in [-0.3, -0.25) is 4.98 Å². The van der Waals surface area contributed by atoms with Crippen LogP contribution in [0, 0.1) is 0 Å². The molecule has 1 N–H and O–H groups in total. The quantitative estimate of drug-likeness (QED) is 0.853. The number of pyridine rings is 1. The normalized spacial score (nSPS) is 7.93. The molecule has 88 valence electrons. The van der Waals surface area contributed by atoms with Crippen LogP contribution in [0.2, 0.25) is 5.02 Å². The highest BCUT2D eigenvalue weighted by atomic mass is 35.5. The van der Waals surface area contributed by atoms with E-state index in [1.807, 2.05) is 27.7 Å². The highest BCUT2D eigenvalue weighted by Crippen LogP contribution is 2.22. The number of methoxy groups -OCH3 is 1. The summed E-state index contributed by atoms with van der Waals surface area (Å²) in [4.78, 5) is 3.87. The Kier molecular flexibility index (Phi) is 12.5. The fourth-order valence-corrected chi connectivity index (χ4v) is 0.946. The highest BCUT2D eigenvalue weighted by Gasteiger charge is 2.00. The molecule has 0 fully saturated rings. The number of aliphatic hydroxyl groups excluding tert-OH is 1. The molecule has 0 spiro atoms. The number of nitrogens with zero attached hydrogens (tertiary/aromatic N) is 1. The first kappa shape index (κ1) is 16.6. The third-order valence-corrected chi connectivity index (χ3v) is 1.55. The van der Waals surface area contributed by atoms with E-state index in [9.17, 15) is 0 Å². The van der Waals surface area contributed by atoms with E-state index in [0.29, 0.717) is 16.5 Å². The number of halogens is 1. The van der Waals surface area contributed by atoms with Crippen LogP contribution in [0.3, 0.4) is 0 Å². The summed E-state index contributed by atoms with van der Waals surface area (Å²) in [7, 11) is 1.52. The largest absolute Gasteiger partial charge is 0.494 e. The van der Waals surface area contributed by atoms with Gasteiger partial charge in [-0.25, -0.2) is 0 Å². The van der Waals surface area contributed by atoms with Crippen molar-refractivity contribution in [2.24, 2.45) is 0 Å². The number of rotatable bonds is 2. The summed E-state index contributed by atoms with van der Waals surface area (Å²) in [5.41, 5.74) is 0.538. The summed E-state index contributed by atoms with van der Waals surface area (Å²) >= 11 is 5.73. The first-order chi connectivity index (χ1) is 7.27. The van der Waals surface area contributed by atoms with Crippen LogP contribution in [0.5, 0.6) is 5.75 Å². The van der Waals surface area contributed by atoms with Crippen LogP contribution in [0.4, 0.5) is 0 Å². The second-order valence-corrected chi connectivity index (χ2v) is 2.38. The van der Waals surface area contributed by atoms with Gasteiger partial charge >= 0.3 is 0 Å². The van der Waals surface area contributed by atoms with Gasteiger partial charge in [0.25, 0.3) is 0 Å². The third kappa shape index (κ3) is 6.31. The zero-order valence-corrected chi connectivity index (χ0v) is 10.8. The van der Waals surface area contributed by atoms with Gasteiger partial charge in [-0.05, 0) is 6.07 Å². The lowest BCUT2D eigenvalue weighted by molar-refractivity contribution is 0.276. The average molecular weight is 234 g/mol. The van der Waals surface area contributed by atoms with Crippen molar-refractivity contribution in [1.82, 2.24) is 4.98 Å². The van der Waals surface area contributed by atoms with Gasteiger partial charge in [0.05, 0.1) is 30.6 Å². The minimum Gasteiger partial charge on any atom is -0.494 e. The van der Waals surface area contributed by atoms with Gasteiger partial charge in [-0.1, -0.05) is 39.3 Å². The maximum atomic E-state index is 8.66. The van der Waals surface area contributed by atoms with E-state index in [1.54, 1.807) is 6.07 Å². The van der Waals surface area contributed by atoms with Crippen molar-refractivity contribution in [3.63, 3.8) is 0 Å². The molecule has 1 rings (SSSR count). The van der Waals surface area contributed by atoms with E-state index in [-0.39, 0.29) is 6.61 Å². The second-order valence-electron chi connectivity index (χ2n) is 1.97. The van der Waals surface area contributed by atoms with Gasteiger partial charge < -0.3 is 9.84 Å². The molecular formula is C11H20ClNO2. The molecule has 1 heterocycles. The molecule has 0 aliphatic rings. The first-order valence-electron chi connectivity index (χ1n) is 5.07. The Morgan fingerprint density at radius 3 is 2.20 bits per heavy atom. The van der Waals surface area contributed by atoms with Gasteiger partial charge in [-0.15, -0.1) is 0 Å². The van der Waals surface area contributed by atoms with Crippen molar-refractivity contribution in [3.05, 3.63) is 23.0 Å². The lowest BCUT2D eigenvalue weighted by atomic mass is 10.3. The Balaban J connectivity index is 0. The standard InChI is InChI=1S/C7H8ClNO2.2C2H6/c1-11-7-3-9-5(4-10)2-6(7)8;2*1-2/h2-3,10H,4H2,1H3;2*1-2H3. The van der Waals surface area contributed by atoms with Crippen LogP contribution >= 0.6 is 11.6 Å². The van der Waals surface area contributed by atoms with Crippen LogP contribution < -0.4 is 4.74 Å². The fraction of sp³-hybridized carbons (Fsp3) is 0.545. The van der Waals surface area contributed by atoms with Crippen LogP contribution in [0.15, 0.2) is 12.3 Å². The summed E-state index contributed by atoms with van der Waals surface area (Å²) in [5, 5.41) is 9.13. The number of hydrogen-bond acceptors (Lipinski definition) is 3. The predicted octanol–water partition coefficient (Wildman–Crippen LogP) is 3.29. The van der Waals surface area contributed by atoms with Crippen molar-refractivity contribution in [2.45, 2.75) is 34.3 Å². The second kappa shape index (κ2) is 11.3. The third-order valence-electron chi connectivity index (χ3n) is 1.26. The molecule has 0 saturated heterocycles. The molecule has 0 radical (unpaired) electrons. The molecule has 15 heavy (non-hydrogen) atoms. The molecule has 0 aliphatic heterocycles. The van der Waals surface area contributed by atoms with Gasteiger partial charge in [0.15, 0.2) is 5.75 Å². The van der Waals surface area contributed by atoms with E-state index in [2.05, 4.69) is 4.98 Å². The fourth-order valence-electron chi connectivity index (χ4n) is 0.695. The molecule has 0 bridgehead atoms. The Morgan fingerprint density at radius 1 is 1.33 bits per heavy atom. The summed E-state index contributed by atoms with van der Waals surface area (Å²) in [6.45, 7) is 7.89. The average Bonchev–Trinajstić information content (AvgIpc) is 2.34. The molecule has 0 unspecified atom stereocenters. The summed E-state index contributed by atoms with van der Waals surface area (Å²) < 4.78 is 4.87. The predicted molar refractivity (Wildman–Crippen MR) is 64.4 cm³/mol. The molecule has 1 aromatic heterocycles. The summed E-state index contributed by atoms with van der Waals surface area (Å²) in [6.07, 6.45) is 1.48. The molecule has 4 heteroatoms. The molecular weight excluding hydrogens is 214 g/mol. The monoisotopic (exact) mass is 233 g/mol. The summed E-state index contributed by atoms with van der Waals surface area (Å²) in [5.74, 6) is 0.517. The minimum absolute atomic E-state index is 0.107. The zero-order chi connectivity index (χ0) is 12.3. The van der Waals surface area contributed by atoms with Crippen molar-refractivity contribution >= 4 is 11.6 Å². The number of aliphatic hydroxyl groups is 1. The van der Waals surface area contributed by atoms with E-state index in [1.165, 1.54) is 13.3 Å². The first-order valence-corrected chi connectivity index (χ1v) is 5.45. The Hall–Kier alpha value is -0.800. The van der Waals surface area contributed by atoms with Crippen molar-refractivity contribution in [2.75, 3.05) is 7.11 Å². The van der Waals surface area contributed by atoms with Gasteiger partial charge in [-0.2, -0.15) is 0 Å². The molecule has 0 atom stereocenters. The van der Waals surface area contributed by atoms with Crippen molar-refractivity contribution < 1.29 is 9.84 Å². The molecule has 0 saturated carbocycles. The van der Waals surface area contributed by atoms with Gasteiger partial charge in [0, 0.05) is 0 Å². The SMILES string of the molecule is CC.CC.COc1cnc(CO)cc1Cl. The molecule has 0 aromatic carbocycles. The van der Waals surface area contributed by atoms with Crippen LogP contribution in [0.1, 0.15) is 33.4 Å². The Bertz CT molecular complexity index is 254. The van der Waals surface area contributed by atoms with E-state index in [4.69, 9.17) is 21.4 Å².